The van der Waals surface area contributed by atoms with Crippen molar-refractivity contribution in [3.8, 4) is 0 Å². The van der Waals surface area contributed by atoms with Gasteiger partial charge in [0.05, 0.1) is 17.7 Å². The van der Waals surface area contributed by atoms with Crippen molar-refractivity contribution in [1.29, 1.82) is 0 Å². The molecule has 6 heteroatoms. The van der Waals surface area contributed by atoms with Gasteiger partial charge in [0.2, 0.25) is 5.91 Å². The Kier molecular flexibility index (Phi) is 3.64. The van der Waals surface area contributed by atoms with Crippen LogP contribution in [0.2, 0.25) is 0 Å². The van der Waals surface area contributed by atoms with Crippen LogP contribution in [0, 0.1) is 17.8 Å². The molecule has 3 fully saturated rings. The third-order valence-corrected chi connectivity index (χ3v) is 5.57. The molecule has 3 nitrogen and oxygen atoms in total. The average molecular weight is 339 g/mol. The summed E-state index contributed by atoms with van der Waals surface area (Å²) in [5.41, 5.74) is -0.0322. The lowest BCUT2D eigenvalue weighted by molar-refractivity contribution is -0.138. The maximum atomic E-state index is 12.7. The van der Waals surface area contributed by atoms with Crippen LogP contribution in [0.15, 0.2) is 24.3 Å². The van der Waals surface area contributed by atoms with Crippen LogP contribution in [0.25, 0.3) is 0 Å². The molecule has 0 bridgehead atoms. The van der Waals surface area contributed by atoms with Crippen LogP contribution < -0.4 is 0 Å². The summed E-state index contributed by atoms with van der Waals surface area (Å²) < 4.78 is 38.1. The Morgan fingerprint density at radius 2 is 1.79 bits per heavy atom. The minimum Gasteiger partial charge on any atom is -0.391 e. The van der Waals surface area contributed by atoms with Gasteiger partial charge in [-0.3, -0.25) is 4.79 Å². The van der Waals surface area contributed by atoms with E-state index in [0.717, 1.165) is 18.6 Å². The van der Waals surface area contributed by atoms with E-state index in [4.69, 9.17) is 0 Å². The average Bonchev–Trinajstić information content (AvgIpc) is 3.41. The molecule has 1 heterocycles. The Labute approximate surface area is 138 Å². The van der Waals surface area contributed by atoms with Crippen LogP contribution in [0.4, 0.5) is 13.2 Å². The van der Waals surface area contributed by atoms with Crippen LogP contribution in [0.3, 0.4) is 0 Å². The molecule has 24 heavy (non-hydrogen) atoms. The fraction of sp³-hybridized carbons (Fsp3) is 0.611. The highest BCUT2D eigenvalue weighted by Gasteiger charge is 2.53. The third kappa shape index (κ3) is 2.92. The number of benzene rings is 1. The molecule has 4 rings (SSSR count). The summed E-state index contributed by atoms with van der Waals surface area (Å²) in [6.45, 7) is 0.276. The number of β-amino-alcohol motifs (C(OH)–C–C–N with tert-alkyl or cyclic N) is 1. The number of hydrogen-bond acceptors (Lipinski definition) is 2. The molecule has 0 radical (unpaired) electrons. The second kappa shape index (κ2) is 5.48. The van der Waals surface area contributed by atoms with Gasteiger partial charge in [-0.2, -0.15) is 13.2 Å². The van der Waals surface area contributed by atoms with E-state index in [0.29, 0.717) is 23.8 Å². The van der Waals surface area contributed by atoms with E-state index in [1.165, 1.54) is 25.0 Å². The Morgan fingerprint density at radius 3 is 2.38 bits per heavy atom. The van der Waals surface area contributed by atoms with Crippen LogP contribution in [-0.4, -0.2) is 28.6 Å². The van der Waals surface area contributed by atoms with Gasteiger partial charge in [0.15, 0.2) is 0 Å². The topological polar surface area (TPSA) is 40.5 Å². The number of likely N-dealkylation sites (tertiary alicyclic amines) is 1. The normalized spacial score (nSPS) is 32.9. The van der Waals surface area contributed by atoms with E-state index in [-0.39, 0.29) is 24.4 Å². The first-order chi connectivity index (χ1) is 11.3. The van der Waals surface area contributed by atoms with E-state index >= 15 is 0 Å². The zero-order chi connectivity index (χ0) is 17.1. The van der Waals surface area contributed by atoms with Gasteiger partial charge < -0.3 is 10.0 Å². The summed E-state index contributed by atoms with van der Waals surface area (Å²) in [6.07, 6.45) is -1.25. The number of aliphatic hydroxyl groups excluding tert-OH is 1. The maximum Gasteiger partial charge on any atom is 0.416 e. The quantitative estimate of drug-likeness (QED) is 0.917. The molecule has 1 N–H and O–H groups in total. The first-order valence-corrected chi connectivity index (χ1v) is 8.50. The summed E-state index contributed by atoms with van der Waals surface area (Å²) in [5.74, 6) is 1.30. The summed E-state index contributed by atoms with van der Waals surface area (Å²) >= 11 is 0. The van der Waals surface area contributed by atoms with Gasteiger partial charge in [-0.1, -0.05) is 12.1 Å². The smallest absolute Gasteiger partial charge is 0.391 e. The minimum absolute atomic E-state index is 0.0553. The molecule has 2 aliphatic carbocycles. The number of amides is 1. The summed E-state index contributed by atoms with van der Waals surface area (Å²) in [7, 11) is 0. The Morgan fingerprint density at radius 1 is 1.12 bits per heavy atom. The molecule has 1 aromatic carbocycles. The monoisotopic (exact) mass is 339 g/mol. The van der Waals surface area contributed by atoms with Crippen LogP contribution in [0.5, 0.6) is 0 Å². The van der Waals surface area contributed by atoms with Crippen molar-refractivity contribution in [1.82, 2.24) is 4.90 Å². The van der Waals surface area contributed by atoms with E-state index in [1.54, 1.807) is 4.90 Å². The summed E-state index contributed by atoms with van der Waals surface area (Å²) in [5, 5.41) is 9.98. The molecule has 0 spiro atoms. The van der Waals surface area contributed by atoms with Crippen molar-refractivity contribution in [3.05, 3.63) is 35.4 Å². The Balaban J connectivity index is 1.51. The number of halogens is 3. The molecule has 3 aliphatic rings. The highest BCUT2D eigenvalue weighted by atomic mass is 19.4. The maximum absolute atomic E-state index is 12.7. The highest BCUT2D eigenvalue weighted by molar-refractivity contribution is 5.82. The largest absolute Gasteiger partial charge is 0.416 e. The zero-order valence-electron chi connectivity index (χ0n) is 13.2. The molecule has 4 atom stereocenters. The van der Waals surface area contributed by atoms with Crippen molar-refractivity contribution < 1.29 is 23.1 Å². The second-order valence-corrected chi connectivity index (χ2v) is 7.36. The predicted molar refractivity (Wildman–Crippen MR) is 80.8 cm³/mol. The molecule has 4 unspecified atom stereocenters. The number of carbonyl (C=O) groups is 1. The van der Waals surface area contributed by atoms with Crippen molar-refractivity contribution in [3.63, 3.8) is 0 Å². The number of carbonyl (C=O) groups excluding carboxylic acids is 1. The summed E-state index contributed by atoms with van der Waals surface area (Å²) in [4.78, 5) is 14.4. The number of rotatable bonds is 3. The highest BCUT2D eigenvalue weighted by Crippen LogP contribution is 2.55. The Bertz CT molecular complexity index is 639. The molecule has 130 valence electrons. The van der Waals surface area contributed by atoms with Gasteiger partial charge in [0.25, 0.3) is 0 Å². The lowest BCUT2D eigenvalue weighted by Crippen LogP contribution is -2.33. The molecule has 1 amide bonds. The number of hydrogen-bond donors (Lipinski definition) is 1. The Hall–Kier alpha value is -1.56. The van der Waals surface area contributed by atoms with Gasteiger partial charge in [0.1, 0.15) is 0 Å². The van der Waals surface area contributed by atoms with Crippen molar-refractivity contribution in [2.24, 2.45) is 17.8 Å². The first kappa shape index (κ1) is 15.9. The molecule has 1 aromatic rings. The molecule has 2 saturated carbocycles. The number of nitrogens with zero attached hydrogens (tertiary/aromatic N) is 1. The fourth-order valence-corrected chi connectivity index (χ4v) is 4.02. The zero-order valence-corrected chi connectivity index (χ0v) is 13.2. The molecular formula is C18H20F3NO2. The van der Waals surface area contributed by atoms with Crippen LogP contribution in [0.1, 0.15) is 42.9 Å². The fourth-order valence-electron chi connectivity index (χ4n) is 4.02. The van der Waals surface area contributed by atoms with Crippen LogP contribution >= 0.6 is 0 Å². The summed E-state index contributed by atoms with van der Waals surface area (Å²) in [6, 6.07) is 4.63. The van der Waals surface area contributed by atoms with Gasteiger partial charge in [-0.25, -0.2) is 0 Å². The predicted octanol–water partition coefficient (Wildman–Crippen LogP) is 3.39. The first-order valence-electron chi connectivity index (χ1n) is 8.50. The van der Waals surface area contributed by atoms with Gasteiger partial charge in [-0.15, -0.1) is 0 Å². The number of alkyl halides is 3. The van der Waals surface area contributed by atoms with E-state index < -0.39 is 17.8 Å². The van der Waals surface area contributed by atoms with E-state index in [9.17, 15) is 23.1 Å². The lowest BCUT2D eigenvalue weighted by Gasteiger charge is -2.25. The second-order valence-electron chi connectivity index (χ2n) is 7.36. The molecule has 1 aliphatic heterocycles. The molecule has 1 saturated heterocycles. The third-order valence-electron chi connectivity index (χ3n) is 5.57. The van der Waals surface area contributed by atoms with Crippen LogP contribution in [-0.2, 0) is 11.0 Å². The van der Waals surface area contributed by atoms with Gasteiger partial charge in [0, 0.05) is 12.5 Å². The van der Waals surface area contributed by atoms with Crippen molar-refractivity contribution in [2.75, 3.05) is 6.54 Å². The van der Waals surface area contributed by atoms with Crippen molar-refractivity contribution >= 4 is 5.91 Å². The SMILES string of the molecule is O=C(C1CC1C1CC1)N1CC(O)CC1c1ccc(C(F)(F)F)cc1. The molecule has 0 aromatic heterocycles. The standard InChI is InChI=1S/C18H20F3NO2/c19-18(20,21)12-5-3-11(4-6-12)16-7-13(23)9-22(16)17(24)15-8-14(15)10-1-2-10/h3-6,10,13-16,23H,1-2,7-9H2. The van der Waals surface area contributed by atoms with E-state index in [2.05, 4.69) is 0 Å². The van der Waals surface area contributed by atoms with Gasteiger partial charge >= 0.3 is 6.18 Å². The lowest BCUT2D eigenvalue weighted by atomic mass is 10.0. The minimum atomic E-state index is -4.37. The number of aliphatic hydroxyl groups is 1. The van der Waals surface area contributed by atoms with E-state index in [1.807, 2.05) is 0 Å². The molecular weight excluding hydrogens is 319 g/mol. The van der Waals surface area contributed by atoms with Crippen molar-refractivity contribution in [2.45, 2.75) is 44.0 Å². The van der Waals surface area contributed by atoms with Gasteiger partial charge in [-0.05, 0) is 55.2 Å².